The lowest BCUT2D eigenvalue weighted by atomic mass is 9.80. The summed E-state index contributed by atoms with van der Waals surface area (Å²) in [6.45, 7) is 0. The molecule has 2 aliphatic rings. The third-order valence-electron chi connectivity index (χ3n) is 5.87. The third kappa shape index (κ3) is 3.65. The fraction of sp³-hybridized carbons (Fsp3) is 0.200. The van der Waals surface area contributed by atoms with Crippen LogP contribution in [0.1, 0.15) is 23.5 Å². The lowest BCUT2D eigenvalue weighted by Gasteiger charge is -2.37. The Balaban J connectivity index is 2.08. The van der Waals surface area contributed by atoms with Gasteiger partial charge in [-0.1, -0.05) is 42.5 Å². The quantitative estimate of drug-likeness (QED) is 0.667. The summed E-state index contributed by atoms with van der Waals surface area (Å²) in [5.41, 5.74) is 8.49. The van der Waals surface area contributed by atoms with Crippen LogP contribution in [-0.2, 0) is 30.3 Å². The molecular weight excluding hydrogens is 436 g/mol. The van der Waals surface area contributed by atoms with Crippen LogP contribution in [-0.4, -0.2) is 32.1 Å². The first-order valence-electron chi connectivity index (χ1n) is 10.5. The zero-order valence-electron chi connectivity index (χ0n) is 18.6. The van der Waals surface area contributed by atoms with Crippen molar-refractivity contribution in [1.29, 1.82) is 5.26 Å². The monoisotopic (exact) mass is 458 g/mol. The Kier molecular flexibility index (Phi) is 6.06. The number of allylic oxidation sites excluding steroid dienone is 1. The second kappa shape index (κ2) is 9.11. The van der Waals surface area contributed by atoms with Crippen molar-refractivity contribution in [3.63, 3.8) is 0 Å². The number of aryl methyl sites for hydroxylation is 1. The number of nitriles is 1. The first-order chi connectivity index (χ1) is 16.4. The van der Waals surface area contributed by atoms with E-state index in [0.717, 1.165) is 5.56 Å². The van der Waals surface area contributed by atoms with Crippen molar-refractivity contribution in [3.05, 3.63) is 82.3 Å². The van der Waals surface area contributed by atoms with Crippen molar-refractivity contribution >= 4 is 29.2 Å². The number of nitrogens with two attached hydrogens (primary N) is 1. The molecular formula is C25H22N4O5. The lowest BCUT2D eigenvalue weighted by Crippen LogP contribution is -2.41. The number of benzene rings is 2. The lowest BCUT2D eigenvalue weighted by molar-refractivity contribution is -0.139. The molecule has 3 N–H and O–H groups in total. The molecule has 0 bridgehead atoms. The summed E-state index contributed by atoms with van der Waals surface area (Å²) in [4.78, 5) is 39.7. The van der Waals surface area contributed by atoms with E-state index >= 15 is 0 Å². The van der Waals surface area contributed by atoms with Crippen LogP contribution in [0.2, 0.25) is 0 Å². The average molecular weight is 458 g/mol. The van der Waals surface area contributed by atoms with Gasteiger partial charge in [-0.3, -0.25) is 9.69 Å². The van der Waals surface area contributed by atoms with Crippen LogP contribution in [0.25, 0.3) is 0 Å². The summed E-state index contributed by atoms with van der Waals surface area (Å²) in [6.07, 6.45) is 0.805. The molecule has 0 aliphatic carbocycles. The van der Waals surface area contributed by atoms with E-state index in [0.29, 0.717) is 29.8 Å². The Bertz CT molecular complexity index is 1290. The van der Waals surface area contributed by atoms with E-state index in [9.17, 15) is 19.6 Å². The Morgan fingerprint density at radius 3 is 2.41 bits per heavy atom. The minimum atomic E-state index is -0.960. The fourth-order valence-electron chi connectivity index (χ4n) is 4.34. The number of ether oxygens (including phenoxy) is 2. The fourth-order valence-corrected chi connectivity index (χ4v) is 4.34. The van der Waals surface area contributed by atoms with Crippen molar-refractivity contribution in [2.75, 3.05) is 24.4 Å². The Labute approximate surface area is 196 Å². The molecule has 0 saturated carbocycles. The van der Waals surface area contributed by atoms with Gasteiger partial charge in [0.25, 0.3) is 0 Å². The highest BCUT2D eigenvalue weighted by Gasteiger charge is 2.43. The minimum absolute atomic E-state index is 0.0546. The number of hydrogen-bond donors (Lipinski definition) is 2. The van der Waals surface area contributed by atoms with E-state index in [1.807, 2.05) is 6.07 Å². The number of amides is 1. The minimum Gasteiger partial charge on any atom is -0.466 e. The molecule has 2 aromatic rings. The number of nitrogens with one attached hydrogen (secondary N) is 1. The summed E-state index contributed by atoms with van der Waals surface area (Å²) in [6, 6.07) is 16.1. The maximum absolute atomic E-state index is 13.2. The maximum atomic E-state index is 13.2. The maximum Gasteiger partial charge on any atom is 0.355 e. The van der Waals surface area contributed by atoms with Crippen LogP contribution in [0.15, 0.2) is 71.2 Å². The number of rotatable bonds is 4. The van der Waals surface area contributed by atoms with Gasteiger partial charge in [0, 0.05) is 6.42 Å². The largest absolute Gasteiger partial charge is 0.466 e. The molecule has 2 aromatic carbocycles. The van der Waals surface area contributed by atoms with Gasteiger partial charge in [-0.05, 0) is 23.6 Å². The first kappa shape index (κ1) is 22.6. The number of fused-ring (bicyclic) bond motifs is 1. The molecule has 1 atom stereocenters. The number of esters is 2. The van der Waals surface area contributed by atoms with Gasteiger partial charge < -0.3 is 20.5 Å². The standard InChI is InChI=1S/C25H22N4O5/c1-33-24(31)20-19(14-7-4-3-5-8-14)16(13-26)23(27)29(22(20)25(32)34-2)17-10-6-9-15-11-12-18(30)28-21(15)17/h3-10,19H,11-12,27H2,1-2H3,(H,28,30). The van der Waals surface area contributed by atoms with Gasteiger partial charge >= 0.3 is 11.9 Å². The van der Waals surface area contributed by atoms with E-state index in [1.54, 1.807) is 42.5 Å². The highest BCUT2D eigenvalue weighted by Crippen LogP contribution is 2.45. The molecule has 0 spiro atoms. The number of hydrogen-bond acceptors (Lipinski definition) is 8. The predicted octanol–water partition coefficient (Wildman–Crippen LogP) is 2.47. The van der Waals surface area contributed by atoms with Crippen molar-refractivity contribution in [2.45, 2.75) is 18.8 Å². The number of nitrogens with zero attached hydrogens (tertiary/aromatic N) is 2. The second-order valence-electron chi connectivity index (χ2n) is 7.69. The van der Waals surface area contributed by atoms with Gasteiger partial charge in [0.1, 0.15) is 11.5 Å². The van der Waals surface area contributed by atoms with Crippen LogP contribution < -0.4 is 16.0 Å². The van der Waals surface area contributed by atoms with Gasteiger partial charge in [0.05, 0.1) is 48.7 Å². The van der Waals surface area contributed by atoms with Gasteiger partial charge in [0.15, 0.2) is 0 Å². The number of anilines is 2. The van der Waals surface area contributed by atoms with Crippen LogP contribution in [0, 0.1) is 11.3 Å². The molecule has 1 amide bonds. The van der Waals surface area contributed by atoms with Crippen LogP contribution >= 0.6 is 0 Å². The molecule has 9 heteroatoms. The Hall–Kier alpha value is -4.58. The Morgan fingerprint density at radius 2 is 1.76 bits per heavy atom. The van der Waals surface area contributed by atoms with Gasteiger partial charge in [-0.2, -0.15) is 5.26 Å². The molecule has 4 rings (SSSR count). The molecule has 0 saturated heterocycles. The number of methoxy groups -OCH3 is 2. The normalized spacial score (nSPS) is 17.5. The third-order valence-corrected chi connectivity index (χ3v) is 5.87. The summed E-state index contributed by atoms with van der Waals surface area (Å²) >= 11 is 0. The van der Waals surface area contributed by atoms with E-state index < -0.39 is 17.9 Å². The highest BCUT2D eigenvalue weighted by molar-refractivity contribution is 6.08. The summed E-state index contributed by atoms with van der Waals surface area (Å²) in [5, 5.41) is 12.9. The topological polar surface area (TPSA) is 135 Å². The number of para-hydroxylation sites is 1. The molecule has 2 heterocycles. The molecule has 172 valence electrons. The first-order valence-corrected chi connectivity index (χ1v) is 10.5. The van der Waals surface area contributed by atoms with Crippen molar-refractivity contribution < 1.29 is 23.9 Å². The predicted molar refractivity (Wildman–Crippen MR) is 123 cm³/mol. The molecule has 34 heavy (non-hydrogen) atoms. The second-order valence-corrected chi connectivity index (χ2v) is 7.69. The van der Waals surface area contributed by atoms with Crippen LogP contribution in [0.3, 0.4) is 0 Å². The zero-order chi connectivity index (χ0) is 24.4. The van der Waals surface area contributed by atoms with Gasteiger partial charge in [-0.25, -0.2) is 9.59 Å². The van der Waals surface area contributed by atoms with Crippen molar-refractivity contribution in [1.82, 2.24) is 0 Å². The SMILES string of the molecule is COC(=O)C1=C(C(=O)OC)N(c2cccc3c2NC(=O)CC3)C(N)=C(C#N)C1c1ccccc1. The molecule has 2 aliphatic heterocycles. The van der Waals surface area contributed by atoms with Crippen LogP contribution in [0.5, 0.6) is 0 Å². The number of carbonyl (C=O) groups is 3. The summed E-state index contributed by atoms with van der Waals surface area (Å²) in [7, 11) is 2.37. The zero-order valence-corrected chi connectivity index (χ0v) is 18.6. The molecule has 0 aromatic heterocycles. The molecule has 0 fully saturated rings. The molecule has 1 unspecified atom stereocenters. The number of carbonyl (C=O) groups excluding carboxylic acids is 3. The average Bonchev–Trinajstić information content (AvgIpc) is 2.87. The summed E-state index contributed by atoms with van der Waals surface area (Å²) in [5.74, 6) is -2.87. The van der Waals surface area contributed by atoms with E-state index in [-0.39, 0.29) is 28.6 Å². The molecule has 9 nitrogen and oxygen atoms in total. The van der Waals surface area contributed by atoms with Crippen molar-refractivity contribution in [2.24, 2.45) is 5.73 Å². The van der Waals surface area contributed by atoms with Gasteiger partial charge in [0.2, 0.25) is 5.91 Å². The summed E-state index contributed by atoms with van der Waals surface area (Å²) < 4.78 is 10.1. The van der Waals surface area contributed by atoms with Crippen LogP contribution in [0.4, 0.5) is 11.4 Å². The Morgan fingerprint density at radius 1 is 1.06 bits per heavy atom. The molecule has 0 radical (unpaired) electrons. The highest BCUT2D eigenvalue weighted by atomic mass is 16.5. The van der Waals surface area contributed by atoms with Gasteiger partial charge in [-0.15, -0.1) is 0 Å². The van der Waals surface area contributed by atoms with E-state index in [1.165, 1.54) is 19.1 Å². The van der Waals surface area contributed by atoms with E-state index in [4.69, 9.17) is 15.2 Å². The smallest absolute Gasteiger partial charge is 0.355 e. The van der Waals surface area contributed by atoms with E-state index in [2.05, 4.69) is 11.4 Å². The van der Waals surface area contributed by atoms with Crippen molar-refractivity contribution in [3.8, 4) is 6.07 Å².